The number of carbonyl (C=O) groups excluding carboxylic acids is 1. The summed E-state index contributed by atoms with van der Waals surface area (Å²) in [5.74, 6) is -1.33. The molecular formula is C17H18BrFN4O. The lowest BCUT2D eigenvalue weighted by atomic mass is 10.1. The molecule has 126 valence electrons. The van der Waals surface area contributed by atoms with Crippen molar-refractivity contribution in [2.75, 3.05) is 31.1 Å². The van der Waals surface area contributed by atoms with Crippen molar-refractivity contribution in [2.45, 2.75) is 6.54 Å². The maximum absolute atomic E-state index is 14.1. The van der Waals surface area contributed by atoms with Gasteiger partial charge in [-0.25, -0.2) is 4.39 Å². The van der Waals surface area contributed by atoms with E-state index in [1.165, 1.54) is 11.6 Å². The summed E-state index contributed by atoms with van der Waals surface area (Å²) in [5.41, 5.74) is 7.09. The van der Waals surface area contributed by atoms with Crippen molar-refractivity contribution >= 4 is 27.5 Å². The summed E-state index contributed by atoms with van der Waals surface area (Å²) in [5, 5.41) is 0. The average Bonchev–Trinajstić information content (AvgIpc) is 2.55. The second kappa shape index (κ2) is 7.27. The molecule has 7 heteroatoms. The predicted molar refractivity (Wildman–Crippen MR) is 94.3 cm³/mol. The van der Waals surface area contributed by atoms with Crippen LogP contribution in [0.5, 0.6) is 0 Å². The maximum atomic E-state index is 14.1. The van der Waals surface area contributed by atoms with Crippen molar-refractivity contribution in [3.05, 3.63) is 58.1 Å². The first-order valence-corrected chi connectivity index (χ1v) is 8.49. The van der Waals surface area contributed by atoms with E-state index in [4.69, 9.17) is 5.73 Å². The summed E-state index contributed by atoms with van der Waals surface area (Å²) in [6.07, 6.45) is 3.57. The first-order chi connectivity index (χ1) is 11.5. The Hall–Kier alpha value is -1.99. The van der Waals surface area contributed by atoms with Gasteiger partial charge in [0.15, 0.2) is 0 Å². The van der Waals surface area contributed by atoms with Gasteiger partial charge in [-0.1, -0.05) is 15.9 Å². The summed E-state index contributed by atoms with van der Waals surface area (Å²) in [6.45, 7) is 3.93. The van der Waals surface area contributed by atoms with E-state index in [9.17, 15) is 9.18 Å². The molecule has 3 rings (SSSR count). The number of aromatic nitrogens is 1. The van der Waals surface area contributed by atoms with E-state index in [0.717, 1.165) is 19.6 Å². The van der Waals surface area contributed by atoms with Crippen LogP contribution in [-0.2, 0) is 6.54 Å². The summed E-state index contributed by atoms with van der Waals surface area (Å²) >= 11 is 3.28. The molecule has 2 N–H and O–H groups in total. The molecule has 1 fully saturated rings. The van der Waals surface area contributed by atoms with Crippen LogP contribution in [0, 0.1) is 5.82 Å². The zero-order valence-corrected chi connectivity index (χ0v) is 14.7. The number of hydrogen-bond acceptors (Lipinski definition) is 4. The molecule has 1 aliphatic rings. The Kier molecular flexibility index (Phi) is 5.11. The average molecular weight is 393 g/mol. The first kappa shape index (κ1) is 16.9. The molecule has 1 aromatic carbocycles. The zero-order chi connectivity index (χ0) is 17.1. The smallest absolute Gasteiger partial charge is 0.253 e. The molecule has 1 aromatic heterocycles. The normalized spacial score (nSPS) is 15.5. The molecule has 2 aromatic rings. The van der Waals surface area contributed by atoms with Gasteiger partial charge in [0, 0.05) is 49.6 Å². The van der Waals surface area contributed by atoms with Crippen LogP contribution in [-0.4, -0.2) is 42.0 Å². The lowest BCUT2D eigenvalue weighted by molar-refractivity contribution is 0.0996. The predicted octanol–water partition coefficient (Wildman–Crippen LogP) is 2.40. The minimum absolute atomic E-state index is 0.0409. The third-order valence-corrected chi connectivity index (χ3v) is 4.61. The fourth-order valence-corrected chi connectivity index (χ4v) is 3.36. The number of piperazine rings is 1. The van der Waals surface area contributed by atoms with Crippen LogP contribution in [0.4, 0.5) is 10.1 Å². The van der Waals surface area contributed by atoms with Crippen LogP contribution in [0.2, 0.25) is 0 Å². The van der Waals surface area contributed by atoms with E-state index in [1.807, 2.05) is 17.0 Å². The number of nitrogens with two attached hydrogens (primary N) is 1. The maximum Gasteiger partial charge on any atom is 0.253 e. The van der Waals surface area contributed by atoms with Gasteiger partial charge >= 0.3 is 0 Å². The Balaban J connectivity index is 1.72. The second-order valence-electron chi connectivity index (χ2n) is 5.76. The number of halogens is 2. The molecule has 0 saturated carbocycles. The standard InChI is InChI=1S/C17H18BrFN4O/c18-13-9-14(19)16(17(20)24)15(10-13)23-7-5-22(6-8-23)11-12-1-3-21-4-2-12/h1-4,9-10H,5-8,11H2,(H2,20,24). The molecule has 0 unspecified atom stereocenters. The zero-order valence-electron chi connectivity index (χ0n) is 13.1. The van der Waals surface area contributed by atoms with E-state index < -0.39 is 11.7 Å². The van der Waals surface area contributed by atoms with E-state index in [2.05, 4.69) is 25.8 Å². The summed E-state index contributed by atoms with van der Waals surface area (Å²) < 4.78 is 14.7. The van der Waals surface area contributed by atoms with Gasteiger partial charge in [0.25, 0.3) is 5.91 Å². The van der Waals surface area contributed by atoms with Crippen LogP contribution in [0.1, 0.15) is 15.9 Å². The molecule has 1 aliphatic heterocycles. The number of pyridine rings is 1. The number of hydrogen-bond donors (Lipinski definition) is 1. The number of nitrogens with zero attached hydrogens (tertiary/aromatic N) is 3. The summed E-state index contributed by atoms with van der Waals surface area (Å²) in [4.78, 5) is 20.0. The number of benzene rings is 1. The van der Waals surface area contributed by atoms with Crippen molar-refractivity contribution in [3.8, 4) is 0 Å². The highest BCUT2D eigenvalue weighted by atomic mass is 79.9. The van der Waals surface area contributed by atoms with Crippen molar-refractivity contribution in [2.24, 2.45) is 5.73 Å². The van der Waals surface area contributed by atoms with E-state index in [0.29, 0.717) is 23.2 Å². The lowest BCUT2D eigenvalue weighted by Gasteiger charge is -2.36. The highest BCUT2D eigenvalue weighted by molar-refractivity contribution is 9.10. The monoisotopic (exact) mass is 392 g/mol. The third-order valence-electron chi connectivity index (χ3n) is 4.15. The Bertz CT molecular complexity index is 733. The Labute approximate surface area is 148 Å². The summed E-state index contributed by atoms with van der Waals surface area (Å²) in [7, 11) is 0. The molecule has 0 bridgehead atoms. The van der Waals surface area contributed by atoms with Gasteiger partial charge in [-0.05, 0) is 29.8 Å². The first-order valence-electron chi connectivity index (χ1n) is 7.69. The Morgan fingerprint density at radius 2 is 1.88 bits per heavy atom. The quantitative estimate of drug-likeness (QED) is 0.867. The van der Waals surface area contributed by atoms with Crippen molar-refractivity contribution in [3.63, 3.8) is 0 Å². The van der Waals surface area contributed by atoms with E-state index >= 15 is 0 Å². The van der Waals surface area contributed by atoms with Gasteiger partial charge in [-0.15, -0.1) is 0 Å². The van der Waals surface area contributed by atoms with E-state index in [-0.39, 0.29) is 5.56 Å². The fraction of sp³-hybridized carbons (Fsp3) is 0.294. The highest BCUT2D eigenvalue weighted by Crippen LogP contribution is 2.28. The molecular weight excluding hydrogens is 375 g/mol. The van der Waals surface area contributed by atoms with Crippen LogP contribution in [0.25, 0.3) is 0 Å². The minimum Gasteiger partial charge on any atom is -0.368 e. The van der Waals surface area contributed by atoms with Gasteiger partial charge in [-0.3, -0.25) is 14.7 Å². The van der Waals surface area contributed by atoms with Crippen LogP contribution < -0.4 is 10.6 Å². The Morgan fingerprint density at radius 3 is 2.50 bits per heavy atom. The topological polar surface area (TPSA) is 62.5 Å². The number of anilines is 1. The fourth-order valence-electron chi connectivity index (χ4n) is 2.95. The molecule has 0 radical (unpaired) electrons. The number of primary amides is 1. The minimum atomic E-state index is -0.741. The second-order valence-corrected chi connectivity index (χ2v) is 6.68. The van der Waals surface area contributed by atoms with Crippen LogP contribution in [0.3, 0.4) is 0 Å². The van der Waals surface area contributed by atoms with Crippen LogP contribution >= 0.6 is 15.9 Å². The molecule has 1 saturated heterocycles. The molecule has 5 nitrogen and oxygen atoms in total. The van der Waals surface area contributed by atoms with Crippen LogP contribution in [0.15, 0.2) is 41.1 Å². The molecule has 0 spiro atoms. The molecule has 2 heterocycles. The van der Waals surface area contributed by atoms with Gasteiger partial charge < -0.3 is 10.6 Å². The number of amides is 1. The lowest BCUT2D eigenvalue weighted by Crippen LogP contribution is -2.46. The largest absolute Gasteiger partial charge is 0.368 e. The summed E-state index contributed by atoms with van der Waals surface area (Å²) in [6, 6.07) is 7.02. The Morgan fingerprint density at radius 1 is 1.21 bits per heavy atom. The van der Waals surface area contributed by atoms with Gasteiger partial charge in [-0.2, -0.15) is 0 Å². The SMILES string of the molecule is NC(=O)c1c(F)cc(Br)cc1N1CCN(Cc2ccncc2)CC1. The molecule has 24 heavy (non-hydrogen) atoms. The van der Waals surface area contributed by atoms with Crippen molar-refractivity contribution in [1.82, 2.24) is 9.88 Å². The molecule has 0 atom stereocenters. The van der Waals surface area contributed by atoms with Gasteiger partial charge in [0.2, 0.25) is 0 Å². The van der Waals surface area contributed by atoms with Gasteiger partial charge in [0.1, 0.15) is 5.82 Å². The molecule has 1 amide bonds. The van der Waals surface area contributed by atoms with Gasteiger partial charge in [0.05, 0.1) is 11.3 Å². The third kappa shape index (κ3) is 3.73. The highest BCUT2D eigenvalue weighted by Gasteiger charge is 2.23. The van der Waals surface area contributed by atoms with Crippen molar-refractivity contribution in [1.29, 1.82) is 0 Å². The van der Waals surface area contributed by atoms with Crippen molar-refractivity contribution < 1.29 is 9.18 Å². The van der Waals surface area contributed by atoms with E-state index in [1.54, 1.807) is 18.5 Å². The number of carbonyl (C=O) groups is 1. The molecule has 0 aliphatic carbocycles. The number of rotatable bonds is 4.